The molecule has 1 aromatic carbocycles. The lowest BCUT2D eigenvalue weighted by molar-refractivity contribution is 0.0628. The van der Waals surface area contributed by atoms with E-state index in [1.165, 1.54) is 0 Å². The molecule has 2 nitrogen and oxygen atoms in total. The van der Waals surface area contributed by atoms with Gasteiger partial charge in [-0.05, 0) is 19.3 Å². The number of alkyl halides is 1. The Morgan fingerprint density at radius 3 is 2.05 bits per heavy atom. The molecule has 0 aliphatic carbocycles. The molecule has 1 aliphatic heterocycles. The lowest BCUT2D eigenvalue weighted by Gasteiger charge is -2.35. The average Bonchev–Trinajstić information content (AvgIpc) is 2.51. The Hall–Kier alpha value is -1.18. The number of hydrogen-bond donors (Lipinski definition) is 0. The molecule has 2 rings (SSSR count). The van der Waals surface area contributed by atoms with Gasteiger partial charge in [0.1, 0.15) is 5.56 Å². The second-order valence-electron chi connectivity index (χ2n) is 4.75. The SMILES string of the molecule is O=C(c1c(F)c(F)c(F)c(F)c1F)N1CCCCC1CBr. The van der Waals surface area contributed by atoms with E-state index in [1.54, 1.807) is 0 Å². The summed E-state index contributed by atoms with van der Waals surface area (Å²) in [4.78, 5) is 13.3. The Balaban J connectivity index is 2.48. The molecule has 116 valence electrons. The van der Waals surface area contributed by atoms with E-state index in [1.807, 2.05) is 0 Å². The Morgan fingerprint density at radius 1 is 1.00 bits per heavy atom. The number of likely N-dealkylation sites (tertiary alicyclic amines) is 1. The maximum absolute atomic E-state index is 13.7. The van der Waals surface area contributed by atoms with E-state index in [0.29, 0.717) is 18.2 Å². The number of carbonyl (C=O) groups excluding carboxylic acids is 1. The number of halogens is 6. The van der Waals surface area contributed by atoms with Crippen LogP contribution in [0.1, 0.15) is 29.6 Å². The predicted molar refractivity (Wildman–Crippen MR) is 68.7 cm³/mol. The first-order valence-corrected chi connectivity index (χ1v) is 7.40. The fourth-order valence-corrected chi connectivity index (χ4v) is 3.04. The molecule has 0 bridgehead atoms. The van der Waals surface area contributed by atoms with E-state index in [-0.39, 0.29) is 12.6 Å². The molecule has 0 saturated carbocycles. The van der Waals surface area contributed by atoms with Crippen LogP contribution in [-0.2, 0) is 0 Å². The molecule has 21 heavy (non-hydrogen) atoms. The van der Waals surface area contributed by atoms with Gasteiger partial charge in [0.25, 0.3) is 5.91 Å². The van der Waals surface area contributed by atoms with E-state index < -0.39 is 40.6 Å². The van der Waals surface area contributed by atoms with Crippen LogP contribution in [0.25, 0.3) is 0 Å². The van der Waals surface area contributed by atoms with Gasteiger partial charge in [0.2, 0.25) is 5.82 Å². The van der Waals surface area contributed by atoms with Gasteiger partial charge in [-0.3, -0.25) is 4.79 Å². The van der Waals surface area contributed by atoms with Gasteiger partial charge in [-0.15, -0.1) is 0 Å². The quantitative estimate of drug-likeness (QED) is 0.335. The lowest BCUT2D eigenvalue weighted by Crippen LogP contribution is -2.45. The second kappa shape index (κ2) is 6.29. The van der Waals surface area contributed by atoms with E-state index >= 15 is 0 Å². The Labute approximate surface area is 126 Å². The second-order valence-corrected chi connectivity index (χ2v) is 5.39. The van der Waals surface area contributed by atoms with Crippen molar-refractivity contribution in [2.45, 2.75) is 25.3 Å². The molecule has 1 unspecified atom stereocenters. The molecular formula is C13H11BrF5NO. The highest BCUT2D eigenvalue weighted by Crippen LogP contribution is 2.27. The van der Waals surface area contributed by atoms with E-state index in [2.05, 4.69) is 15.9 Å². The minimum Gasteiger partial charge on any atom is -0.335 e. The number of hydrogen-bond acceptors (Lipinski definition) is 1. The van der Waals surface area contributed by atoms with E-state index in [9.17, 15) is 26.7 Å². The molecule has 0 N–H and O–H groups in total. The van der Waals surface area contributed by atoms with Crippen molar-refractivity contribution in [1.82, 2.24) is 4.90 Å². The number of amides is 1. The Kier molecular flexibility index (Phi) is 4.85. The van der Waals surface area contributed by atoms with Crippen molar-refractivity contribution in [3.63, 3.8) is 0 Å². The van der Waals surface area contributed by atoms with Gasteiger partial charge >= 0.3 is 0 Å². The minimum absolute atomic E-state index is 0.217. The number of benzene rings is 1. The van der Waals surface area contributed by atoms with Crippen LogP contribution in [0.2, 0.25) is 0 Å². The van der Waals surface area contributed by atoms with Crippen molar-refractivity contribution in [2.75, 3.05) is 11.9 Å². The van der Waals surface area contributed by atoms with Gasteiger partial charge in [-0.2, -0.15) is 0 Å². The fourth-order valence-electron chi connectivity index (χ4n) is 2.36. The molecule has 8 heteroatoms. The normalized spacial score (nSPS) is 19.0. The van der Waals surface area contributed by atoms with Crippen LogP contribution < -0.4 is 0 Å². The molecule has 0 radical (unpaired) electrons. The first-order chi connectivity index (χ1) is 9.90. The predicted octanol–water partition coefficient (Wildman–Crippen LogP) is 3.77. The summed E-state index contributed by atoms with van der Waals surface area (Å²) in [5.41, 5.74) is -1.39. The van der Waals surface area contributed by atoms with Crippen LogP contribution in [0.5, 0.6) is 0 Å². The maximum Gasteiger partial charge on any atom is 0.260 e. The average molecular weight is 372 g/mol. The molecule has 0 aromatic heterocycles. The highest BCUT2D eigenvalue weighted by molar-refractivity contribution is 9.09. The van der Waals surface area contributed by atoms with Crippen LogP contribution in [0.3, 0.4) is 0 Å². The van der Waals surface area contributed by atoms with Crippen LogP contribution in [0.15, 0.2) is 0 Å². The van der Waals surface area contributed by atoms with Crippen molar-refractivity contribution in [2.24, 2.45) is 0 Å². The van der Waals surface area contributed by atoms with Crippen LogP contribution >= 0.6 is 15.9 Å². The highest BCUT2D eigenvalue weighted by atomic mass is 79.9. The third-order valence-corrected chi connectivity index (χ3v) is 4.24. The van der Waals surface area contributed by atoms with Crippen molar-refractivity contribution >= 4 is 21.8 Å². The molecule has 0 spiro atoms. The summed E-state index contributed by atoms with van der Waals surface area (Å²) in [5.74, 6) is -11.8. The van der Waals surface area contributed by atoms with E-state index in [0.717, 1.165) is 11.3 Å². The lowest BCUT2D eigenvalue weighted by atomic mass is 10.0. The smallest absolute Gasteiger partial charge is 0.260 e. The molecule has 1 aliphatic rings. The van der Waals surface area contributed by atoms with Crippen molar-refractivity contribution in [3.8, 4) is 0 Å². The van der Waals surface area contributed by atoms with Crippen LogP contribution in [0, 0.1) is 29.1 Å². The molecule has 1 amide bonds. The number of rotatable bonds is 2. The molecule has 1 atom stereocenters. The largest absolute Gasteiger partial charge is 0.335 e. The number of nitrogens with zero attached hydrogens (tertiary/aromatic N) is 1. The molecule has 1 saturated heterocycles. The van der Waals surface area contributed by atoms with Crippen molar-refractivity contribution in [1.29, 1.82) is 0 Å². The van der Waals surface area contributed by atoms with Gasteiger partial charge in [0, 0.05) is 17.9 Å². The Morgan fingerprint density at radius 2 is 1.52 bits per heavy atom. The van der Waals surface area contributed by atoms with Gasteiger partial charge in [-0.1, -0.05) is 15.9 Å². The summed E-state index contributed by atoms with van der Waals surface area (Å²) < 4.78 is 66.6. The summed E-state index contributed by atoms with van der Waals surface area (Å²) in [5, 5.41) is 0.369. The first kappa shape index (κ1) is 16.2. The Bertz CT molecular complexity index is 551. The number of carbonyl (C=O) groups is 1. The number of piperidine rings is 1. The zero-order chi connectivity index (χ0) is 15.7. The van der Waals surface area contributed by atoms with Gasteiger partial charge < -0.3 is 4.90 Å². The zero-order valence-corrected chi connectivity index (χ0v) is 12.3. The summed E-state index contributed by atoms with van der Waals surface area (Å²) in [6.45, 7) is 0.217. The van der Waals surface area contributed by atoms with Crippen molar-refractivity contribution < 1.29 is 26.7 Å². The molecule has 1 aromatic rings. The van der Waals surface area contributed by atoms with Crippen LogP contribution in [0.4, 0.5) is 22.0 Å². The zero-order valence-electron chi connectivity index (χ0n) is 10.7. The summed E-state index contributed by atoms with van der Waals surface area (Å²) >= 11 is 3.18. The fraction of sp³-hybridized carbons (Fsp3) is 0.462. The summed E-state index contributed by atoms with van der Waals surface area (Å²) in [7, 11) is 0. The monoisotopic (exact) mass is 371 g/mol. The first-order valence-electron chi connectivity index (χ1n) is 6.28. The summed E-state index contributed by atoms with van der Waals surface area (Å²) in [6.07, 6.45) is 2.05. The van der Waals surface area contributed by atoms with Gasteiger partial charge in [-0.25, -0.2) is 22.0 Å². The third kappa shape index (κ3) is 2.77. The van der Waals surface area contributed by atoms with Gasteiger partial charge in [0.05, 0.1) is 0 Å². The molecular weight excluding hydrogens is 361 g/mol. The maximum atomic E-state index is 13.7. The van der Waals surface area contributed by atoms with Crippen LogP contribution in [-0.4, -0.2) is 28.7 Å². The topological polar surface area (TPSA) is 20.3 Å². The minimum atomic E-state index is -2.27. The van der Waals surface area contributed by atoms with E-state index in [4.69, 9.17) is 0 Å². The molecule has 1 fully saturated rings. The highest BCUT2D eigenvalue weighted by Gasteiger charge is 2.35. The third-order valence-electron chi connectivity index (χ3n) is 3.49. The van der Waals surface area contributed by atoms with Crippen molar-refractivity contribution in [3.05, 3.63) is 34.6 Å². The van der Waals surface area contributed by atoms with Gasteiger partial charge in [0.15, 0.2) is 23.3 Å². The molecule has 1 heterocycles. The standard InChI is InChI=1S/C13H11BrF5NO/c14-5-6-3-1-2-4-20(6)13(21)7-8(15)10(17)12(19)11(18)9(7)16/h6H,1-5H2. The summed E-state index contributed by atoms with van der Waals surface area (Å²) in [6, 6.07) is -0.332.